The first-order valence-electron chi connectivity index (χ1n) is 8.48. The first-order chi connectivity index (χ1) is 13.3. The van der Waals surface area contributed by atoms with Gasteiger partial charge >= 0.3 is 0 Å². The second-order valence-corrected chi connectivity index (χ2v) is 5.88. The Morgan fingerprint density at radius 2 is 1.85 bits per heavy atom. The number of pyridine rings is 2. The highest BCUT2D eigenvalue weighted by molar-refractivity contribution is 5.62. The Labute approximate surface area is 157 Å². The molecule has 0 saturated heterocycles. The normalized spacial score (nSPS) is 10.4. The number of nitrogens with one attached hydrogen (secondary N) is 1. The Hall–Kier alpha value is -3.80. The molecule has 0 fully saturated rings. The zero-order chi connectivity index (χ0) is 18.5. The van der Waals surface area contributed by atoms with Crippen LogP contribution < -0.4 is 10.1 Å². The van der Waals surface area contributed by atoms with Crippen molar-refractivity contribution in [2.45, 2.75) is 6.92 Å². The van der Waals surface area contributed by atoms with Crippen molar-refractivity contribution in [3.8, 4) is 23.0 Å². The average molecular weight is 355 g/mol. The lowest BCUT2D eigenvalue weighted by atomic mass is 10.2. The van der Waals surface area contributed by atoms with E-state index < -0.39 is 0 Å². The average Bonchev–Trinajstić information content (AvgIpc) is 2.69. The van der Waals surface area contributed by atoms with E-state index in [1.54, 1.807) is 18.6 Å². The molecule has 1 aromatic carbocycles. The van der Waals surface area contributed by atoms with Crippen molar-refractivity contribution in [3.05, 3.63) is 84.9 Å². The largest absolute Gasteiger partial charge is 0.439 e. The van der Waals surface area contributed by atoms with Gasteiger partial charge in [0, 0.05) is 53.7 Å². The summed E-state index contributed by atoms with van der Waals surface area (Å²) in [5.74, 6) is 2.58. The first-order valence-corrected chi connectivity index (χ1v) is 8.48. The maximum Gasteiger partial charge on any atom is 0.219 e. The lowest BCUT2D eigenvalue weighted by Crippen LogP contribution is -1.99. The maximum atomic E-state index is 5.78. The molecule has 1 N–H and O–H groups in total. The molecule has 0 aliphatic carbocycles. The number of hydrogen-bond acceptors (Lipinski definition) is 6. The van der Waals surface area contributed by atoms with Gasteiger partial charge in [0.25, 0.3) is 0 Å². The number of ether oxygens (including phenoxy) is 1. The van der Waals surface area contributed by atoms with E-state index in [9.17, 15) is 0 Å². The van der Waals surface area contributed by atoms with E-state index in [1.807, 2.05) is 67.6 Å². The quantitative estimate of drug-likeness (QED) is 0.555. The zero-order valence-electron chi connectivity index (χ0n) is 14.7. The smallest absolute Gasteiger partial charge is 0.219 e. The summed E-state index contributed by atoms with van der Waals surface area (Å²) in [6, 6.07) is 18.9. The molecule has 0 atom stereocenters. The van der Waals surface area contributed by atoms with E-state index in [2.05, 4.69) is 25.3 Å². The van der Waals surface area contributed by atoms with Gasteiger partial charge in [0.1, 0.15) is 11.6 Å². The summed E-state index contributed by atoms with van der Waals surface area (Å²) in [5, 5.41) is 3.31. The SMILES string of the molecule is Cc1cc(Nc2cccc(Oc3ccccn3)c2)nc(-c2cccnc2)n1. The third-order valence-corrected chi connectivity index (χ3v) is 3.74. The van der Waals surface area contributed by atoms with Gasteiger partial charge in [-0.15, -0.1) is 0 Å². The molecule has 0 unspecified atom stereocenters. The molecule has 27 heavy (non-hydrogen) atoms. The summed E-state index contributed by atoms with van der Waals surface area (Å²) >= 11 is 0. The molecule has 0 aliphatic rings. The van der Waals surface area contributed by atoms with Gasteiger partial charge in [0.2, 0.25) is 5.88 Å². The summed E-state index contributed by atoms with van der Waals surface area (Å²) in [4.78, 5) is 17.4. The van der Waals surface area contributed by atoms with E-state index in [0.717, 1.165) is 16.9 Å². The van der Waals surface area contributed by atoms with E-state index in [-0.39, 0.29) is 0 Å². The number of aromatic nitrogens is 4. The van der Waals surface area contributed by atoms with Gasteiger partial charge in [0.05, 0.1) is 0 Å². The predicted octanol–water partition coefficient (Wildman–Crippen LogP) is 4.78. The van der Waals surface area contributed by atoms with Crippen LogP contribution in [0.5, 0.6) is 11.6 Å². The topological polar surface area (TPSA) is 72.8 Å². The van der Waals surface area contributed by atoms with Crippen LogP contribution in [0.2, 0.25) is 0 Å². The van der Waals surface area contributed by atoms with Crippen LogP contribution in [-0.4, -0.2) is 19.9 Å². The van der Waals surface area contributed by atoms with Gasteiger partial charge in [-0.05, 0) is 37.3 Å². The minimum atomic E-state index is 0.548. The lowest BCUT2D eigenvalue weighted by molar-refractivity contribution is 0.463. The predicted molar refractivity (Wildman–Crippen MR) is 104 cm³/mol. The highest BCUT2D eigenvalue weighted by atomic mass is 16.5. The molecule has 132 valence electrons. The number of anilines is 2. The molecule has 0 amide bonds. The van der Waals surface area contributed by atoms with Gasteiger partial charge in [-0.25, -0.2) is 15.0 Å². The minimum Gasteiger partial charge on any atom is -0.439 e. The van der Waals surface area contributed by atoms with Crippen LogP contribution in [0.4, 0.5) is 11.5 Å². The molecule has 0 radical (unpaired) electrons. The molecule has 0 saturated carbocycles. The second kappa shape index (κ2) is 7.61. The Morgan fingerprint density at radius 3 is 2.67 bits per heavy atom. The van der Waals surface area contributed by atoms with Crippen LogP contribution in [0.3, 0.4) is 0 Å². The molecule has 4 aromatic rings. The monoisotopic (exact) mass is 355 g/mol. The van der Waals surface area contributed by atoms with Gasteiger partial charge < -0.3 is 10.1 Å². The molecule has 3 aromatic heterocycles. The van der Waals surface area contributed by atoms with E-state index in [0.29, 0.717) is 23.3 Å². The molecule has 4 rings (SSSR count). The molecule has 0 aliphatic heterocycles. The van der Waals surface area contributed by atoms with Gasteiger partial charge in [-0.2, -0.15) is 0 Å². The molecular weight excluding hydrogens is 338 g/mol. The molecule has 6 heteroatoms. The van der Waals surface area contributed by atoms with Crippen LogP contribution in [0.25, 0.3) is 11.4 Å². The first kappa shape index (κ1) is 16.7. The number of rotatable bonds is 5. The maximum absolute atomic E-state index is 5.78. The fourth-order valence-electron chi connectivity index (χ4n) is 2.57. The fraction of sp³-hybridized carbons (Fsp3) is 0.0476. The molecule has 3 heterocycles. The van der Waals surface area contributed by atoms with Crippen LogP contribution in [0.15, 0.2) is 79.3 Å². The van der Waals surface area contributed by atoms with Gasteiger partial charge in [0.15, 0.2) is 5.82 Å². The van der Waals surface area contributed by atoms with Crippen molar-refractivity contribution >= 4 is 11.5 Å². The van der Waals surface area contributed by atoms with Crippen molar-refractivity contribution in [2.75, 3.05) is 5.32 Å². The van der Waals surface area contributed by atoms with E-state index in [4.69, 9.17) is 4.74 Å². The third-order valence-electron chi connectivity index (χ3n) is 3.74. The van der Waals surface area contributed by atoms with Gasteiger partial charge in [-0.3, -0.25) is 4.98 Å². The number of nitrogens with zero attached hydrogens (tertiary/aromatic N) is 4. The Morgan fingerprint density at radius 1 is 0.889 bits per heavy atom. The van der Waals surface area contributed by atoms with Crippen molar-refractivity contribution in [3.63, 3.8) is 0 Å². The standard InChI is InChI=1S/C21H17N5O/c1-15-12-19(26-21(24-15)16-6-5-10-22-14-16)25-17-7-4-8-18(13-17)27-20-9-2-3-11-23-20/h2-14H,1H3,(H,24,25,26). The lowest BCUT2D eigenvalue weighted by Gasteiger charge is -2.10. The molecule has 0 spiro atoms. The Kier molecular flexibility index (Phi) is 4.70. The van der Waals surface area contributed by atoms with E-state index in [1.165, 1.54) is 0 Å². The summed E-state index contributed by atoms with van der Waals surface area (Å²) in [6.45, 7) is 1.94. The molecular formula is C21H17N5O. The zero-order valence-corrected chi connectivity index (χ0v) is 14.7. The number of aryl methyl sites for hydroxylation is 1. The molecule has 0 bridgehead atoms. The Bertz CT molecular complexity index is 1040. The van der Waals surface area contributed by atoms with Crippen LogP contribution in [0, 0.1) is 6.92 Å². The minimum absolute atomic E-state index is 0.548. The summed E-state index contributed by atoms with van der Waals surface area (Å²) in [6.07, 6.45) is 5.17. The second-order valence-electron chi connectivity index (χ2n) is 5.88. The van der Waals surface area contributed by atoms with Crippen molar-refractivity contribution < 1.29 is 4.74 Å². The van der Waals surface area contributed by atoms with Gasteiger partial charge in [-0.1, -0.05) is 12.1 Å². The van der Waals surface area contributed by atoms with Crippen molar-refractivity contribution in [1.82, 2.24) is 19.9 Å². The van der Waals surface area contributed by atoms with Crippen LogP contribution in [0.1, 0.15) is 5.69 Å². The van der Waals surface area contributed by atoms with Crippen LogP contribution >= 0.6 is 0 Å². The molecule has 6 nitrogen and oxygen atoms in total. The van der Waals surface area contributed by atoms with E-state index >= 15 is 0 Å². The summed E-state index contributed by atoms with van der Waals surface area (Å²) < 4.78 is 5.78. The third kappa shape index (κ3) is 4.24. The van der Waals surface area contributed by atoms with Crippen LogP contribution in [-0.2, 0) is 0 Å². The van der Waals surface area contributed by atoms with Crippen molar-refractivity contribution in [1.29, 1.82) is 0 Å². The van der Waals surface area contributed by atoms with Crippen molar-refractivity contribution in [2.24, 2.45) is 0 Å². The fourth-order valence-corrected chi connectivity index (χ4v) is 2.57. The highest BCUT2D eigenvalue weighted by Crippen LogP contribution is 2.25. The highest BCUT2D eigenvalue weighted by Gasteiger charge is 2.06. The number of hydrogen-bond donors (Lipinski definition) is 1. The number of benzene rings is 1. The summed E-state index contributed by atoms with van der Waals surface area (Å²) in [7, 11) is 0. The Balaban J connectivity index is 1.57. The summed E-state index contributed by atoms with van der Waals surface area (Å²) in [5.41, 5.74) is 2.60.